The number of amides is 1. The molecule has 0 bridgehead atoms. The molecule has 21 heavy (non-hydrogen) atoms. The minimum Gasteiger partial charge on any atom is -0.394 e. The number of carbonyl (C=O) groups excluding carboxylic acids is 1. The van der Waals surface area contributed by atoms with E-state index in [1.165, 1.54) is 0 Å². The van der Waals surface area contributed by atoms with Crippen LogP contribution >= 0.6 is 0 Å². The predicted octanol–water partition coefficient (Wildman–Crippen LogP) is 1.90. The van der Waals surface area contributed by atoms with Gasteiger partial charge in [-0.1, -0.05) is 37.3 Å². The van der Waals surface area contributed by atoms with Crippen LogP contribution < -0.4 is 0 Å². The highest BCUT2D eigenvalue weighted by Crippen LogP contribution is 2.28. The molecule has 4 heteroatoms. The van der Waals surface area contributed by atoms with Crippen molar-refractivity contribution in [1.82, 2.24) is 4.90 Å². The van der Waals surface area contributed by atoms with E-state index in [0.717, 1.165) is 18.4 Å². The maximum Gasteiger partial charge on any atom is 0.226 e. The summed E-state index contributed by atoms with van der Waals surface area (Å²) < 4.78 is 0. The number of piperidine rings is 1. The Bertz CT molecular complexity index is 472. The first-order chi connectivity index (χ1) is 9.95. The lowest BCUT2D eigenvalue weighted by atomic mass is 9.88. The second-order valence-electron chi connectivity index (χ2n) is 6.27. The summed E-state index contributed by atoms with van der Waals surface area (Å²) in [6.45, 7) is 4.39. The smallest absolute Gasteiger partial charge is 0.226 e. The zero-order valence-electron chi connectivity index (χ0n) is 12.8. The molecule has 4 nitrogen and oxygen atoms in total. The summed E-state index contributed by atoms with van der Waals surface area (Å²) in [5, 5.41) is 20.1. The number of aliphatic hydroxyl groups is 2. The van der Waals surface area contributed by atoms with Gasteiger partial charge in [0.15, 0.2) is 0 Å². The first-order valence-electron chi connectivity index (χ1n) is 7.64. The first kappa shape index (κ1) is 16.0. The third kappa shape index (κ3) is 3.63. The lowest BCUT2D eigenvalue weighted by Crippen LogP contribution is -2.51. The maximum absolute atomic E-state index is 12.6. The third-order valence-corrected chi connectivity index (χ3v) is 4.51. The minimum absolute atomic E-state index is 0.0135. The quantitative estimate of drug-likeness (QED) is 0.891. The Labute approximate surface area is 126 Å². The van der Waals surface area contributed by atoms with Crippen LogP contribution in [0.15, 0.2) is 30.3 Å². The molecule has 1 fully saturated rings. The number of hydrogen-bond donors (Lipinski definition) is 2. The van der Waals surface area contributed by atoms with Gasteiger partial charge in [0, 0.05) is 6.54 Å². The molecule has 0 saturated carbocycles. The molecule has 116 valence electrons. The highest BCUT2D eigenvalue weighted by molar-refractivity contribution is 5.78. The fraction of sp³-hybridized carbons (Fsp3) is 0.588. The van der Waals surface area contributed by atoms with Crippen LogP contribution in [0.3, 0.4) is 0 Å². The second kappa shape index (κ2) is 6.58. The third-order valence-electron chi connectivity index (χ3n) is 4.51. The van der Waals surface area contributed by atoms with Crippen LogP contribution in [0.4, 0.5) is 0 Å². The molecule has 1 aromatic rings. The zero-order chi connectivity index (χ0) is 15.5. The summed E-state index contributed by atoms with van der Waals surface area (Å²) in [6, 6.07) is 9.13. The summed E-state index contributed by atoms with van der Waals surface area (Å²) in [4.78, 5) is 14.3. The van der Waals surface area contributed by atoms with Crippen LogP contribution in [0.25, 0.3) is 0 Å². The van der Waals surface area contributed by atoms with Crippen molar-refractivity contribution >= 4 is 5.91 Å². The average molecular weight is 291 g/mol. The molecule has 1 aliphatic rings. The second-order valence-corrected chi connectivity index (χ2v) is 6.27. The van der Waals surface area contributed by atoms with Gasteiger partial charge >= 0.3 is 0 Å². The van der Waals surface area contributed by atoms with Crippen LogP contribution in [0, 0.1) is 5.92 Å². The number of likely N-dealkylation sites (tertiary alicyclic amines) is 1. The average Bonchev–Trinajstić information content (AvgIpc) is 2.47. The van der Waals surface area contributed by atoms with Crippen molar-refractivity contribution < 1.29 is 15.0 Å². The Hall–Kier alpha value is -1.39. The van der Waals surface area contributed by atoms with Gasteiger partial charge in [0.2, 0.25) is 5.91 Å². The lowest BCUT2D eigenvalue weighted by Gasteiger charge is -2.40. The minimum atomic E-state index is -1.18. The van der Waals surface area contributed by atoms with Crippen LogP contribution in [0.1, 0.15) is 38.7 Å². The topological polar surface area (TPSA) is 60.8 Å². The zero-order valence-corrected chi connectivity index (χ0v) is 12.8. The molecule has 0 aromatic heterocycles. The van der Waals surface area contributed by atoms with Crippen molar-refractivity contribution in [2.75, 3.05) is 13.2 Å². The van der Waals surface area contributed by atoms with Crippen LogP contribution in [-0.2, 0) is 10.4 Å². The number of hydrogen-bond acceptors (Lipinski definition) is 3. The van der Waals surface area contributed by atoms with Gasteiger partial charge in [-0.15, -0.1) is 0 Å². The molecular weight excluding hydrogens is 266 g/mol. The van der Waals surface area contributed by atoms with Gasteiger partial charge in [-0.25, -0.2) is 0 Å². The Morgan fingerprint density at radius 2 is 2.05 bits per heavy atom. The predicted molar refractivity (Wildman–Crippen MR) is 81.6 cm³/mol. The van der Waals surface area contributed by atoms with Crippen molar-refractivity contribution in [3.63, 3.8) is 0 Å². The molecule has 0 aliphatic carbocycles. The highest BCUT2D eigenvalue weighted by atomic mass is 16.3. The van der Waals surface area contributed by atoms with E-state index in [0.29, 0.717) is 12.5 Å². The molecule has 1 aromatic carbocycles. The van der Waals surface area contributed by atoms with Crippen molar-refractivity contribution in [2.24, 2.45) is 5.92 Å². The first-order valence-corrected chi connectivity index (χ1v) is 7.64. The van der Waals surface area contributed by atoms with Crippen molar-refractivity contribution in [2.45, 2.75) is 44.8 Å². The number of rotatable bonds is 4. The van der Waals surface area contributed by atoms with Crippen molar-refractivity contribution in [3.8, 4) is 0 Å². The number of aliphatic hydroxyl groups excluding tert-OH is 1. The Morgan fingerprint density at radius 1 is 1.38 bits per heavy atom. The van der Waals surface area contributed by atoms with Gasteiger partial charge in [-0.3, -0.25) is 4.79 Å². The molecule has 1 saturated heterocycles. The summed E-state index contributed by atoms with van der Waals surface area (Å²) in [7, 11) is 0. The van der Waals surface area contributed by atoms with E-state index in [1.54, 1.807) is 11.8 Å². The van der Waals surface area contributed by atoms with Crippen LogP contribution in [-0.4, -0.2) is 40.2 Å². The van der Waals surface area contributed by atoms with E-state index in [9.17, 15) is 15.0 Å². The summed E-state index contributed by atoms with van der Waals surface area (Å²) in [5.41, 5.74) is -0.442. The molecule has 3 atom stereocenters. The summed E-state index contributed by atoms with van der Waals surface area (Å²) in [6.07, 6.45) is 2.03. The van der Waals surface area contributed by atoms with Crippen molar-refractivity contribution in [1.29, 1.82) is 0 Å². The van der Waals surface area contributed by atoms with E-state index >= 15 is 0 Å². The van der Waals surface area contributed by atoms with Gasteiger partial charge in [0.05, 0.1) is 24.7 Å². The summed E-state index contributed by atoms with van der Waals surface area (Å²) in [5.74, 6) is 0.212. The Balaban J connectivity index is 2.09. The highest BCUT2D eigenvalue weighted by Gasteiger charge is 2.35. The van der Waals surface area contributed by atoms with Crippen LogP contribution in [0.2, 0.25) is 0 Å². The molecule has 1 heterocycles. The Kier molecular flexibility index (Phi) is 5.01. The van der Waals surface area contributed by atoms with Gasteiger partial charge in [0.25, 0.3) is 0 Å². The van der Waals surface area contributed by atoms with E-state index in [2.05, 4.69) is 6.92 Å². The Morgan fingerprint density at radius 3 is 2.67 bits per heavy atom. The van der Waals surface area contributed by atoms with Crippen LogP contribution in [0.5, 0.6) is 0 Å². The van der Waals surface area contributed by atoms with E-state index < -0.39 is 5.60 Å². The monoisotopic (exact) mass is 291 g/mol. The molecule has 1 amide bonds. The molecule has 2 N–H and O–H groups in total. The molecule has 0 spiro atoms. The number of carbonyl (C=O) groups is 1. The molecule has 2 rings (SSSR count). The standard InChI is InChI=1S/C17H25NO3/c1-13-7-6-10-18(15(13)12-19)16(20)11-17(2,21)14-8-4-3-5-9-14/h3-5,8-9,13,15,19,21H,6-7,10-12H2,1-2H3/t13-,15+,17+/m1/s1. The fourth-order valence-electron chi connectivity index (χ4n) is 3.13. The van der Waals surface area contributed by atoms with Gasteiger partial charge in [-0.2, -0.15) is 0 Å². The fourth-order valence-corrected chi connectivity index (χ4v) is 3.13. The lowest BCUT2D eigenvalue weighted by molar-refractivity contribution is -0.142. The van der Waals surface area contributed by atoms with Gasteiger partial charge < -0.3 is 15.1 Å². The number of nitrogens with zero attached hydrogens (tertiary/aromatic N) is 1. The molecular formula is C17H25NO3. The van der Waals surface area contributed by atoms with Gasteiger partial charge in [0.1, 0.15) is 0 Å². The summed E-state index contributed by atoms with van der Waals surface area (Å²) >= 11 is 0. The maximum atomic E-state index is 12.6. The van der Waals surface area contributed by atoms with E-state index in [4.69, 9.17) is 0 Å². The SMILES string of the molecule is C[C@@H]1CCCN(C(=O)C[C@](C)(O)c2ccccc2)[C@H]1CO. The molecule has 0 unspecified atom stereocenters. The normalized spacial score (nSPS) is 25.4. The van der Waals surface area contributed by atoms with E-state index in [-0.39, 0.29) is 25.0 Å². The number of benzene rings is 1. The molecule has 1 aliphatic heterocycles. The van der Waals surface area contributed by atoms with Crippen molar-refractivity contribution in [3.05, 3.63) is 35.9 Å². The molecule has 0 radical (unpaired) electrons. The van der Waals surface area contributed by atoms with Gasteiger partial charge in [-0.05, 0) is 31.2 Å². The van der Waals surface area contributed by atoms with E-state index in [1.807, 2.05) is 30.3 Å². The largest absolute Gasteiger partial charge is 0.394 e.